The minimum atomic E-state index is 0.176. The Hall–Kier alpha value is -1.35. The van der Waals surface area contributed by atoms with Gasteiger partial charge in [-0.05, 0) is 41.8 Å². The Morgan fingerprint density at radius 3 is 2.68 bits per heavy atom. The van der Waals surface area contributed by atoms with Crippen LogP contribution in [0.1, 0.15) is 47.8 Å². The van der Waals surface area contributed by atoms with E-state index in [0.717, 1.165) is 17.7 Å². The van der Waals surface area contributed by atoms with Gasteiger partial charge in [0.2, 0.25) is 0 Å². The predicted molar refractivity (Wildman–Crippen MR) is 81.0 cm³/mol. The Morgan fingerprint density at radius 2 is 2.05 bits per heavy atom. The van der Waals surface area contributed by atoms with Crippen molar-refractivity contribution in [2.75, 3.05) is 7.05 Å². The molecule has 0 bridgehead atoms. The summed E-state index contributed by atoms with van der Waals surface area (Å²) in [4.78, 5) is 15.1. The van der Waals surface area contributed by atoms with Gasteiger partial charge in [0, 0.05) is 17.8 Å². The zero-order valence-electron chi connectivity index (χ0n) is 11.6. The van der Waals surface area contributed by atoms with Gasteiger partial charge in [-0.2, -0.15) is 0 Å². The molecule has 1 amide bonds. The van der Waals surface area contributed by atoms with Crippen molar-refractivity contribution in [2.24, 2.45) is 0 Å². The van der Waals surface area contributed by atoms with Crippen LogP contribution in [-0.2, 0) is 0 Å². The molecule has 0 unspecified atom stereocenters. The number of thiophene rings is 1. The summed E-state index contributed by atoms with van der Waals surface area (Å²) >= 11 is 1.62. The summed E-state index contributed by atoms with van der Waals surface area (Å²) < 4.78 is 1.22. The van der Waals surface area contributed by atoms with Crippen molar-refractivity contribution in [3.05, 3.63) is 34.7 Å². The number of carbonyl (C=O) groups is 1. The molecule has 2 aromatic rings. The topological polar surface area (TPSA) is 20.3 Å². The van der Waals surface area contributed by atoms with Crippen LogP contribution < -0.4 is 0 Å². The van der Waals surface area contributed by atoms with E-state index in [4.69, 9.17) is 0 Å². The summed E-state index contributed by atoms with van der Waals surface area (Å²) in [6.07, 6.45) is 2.31. The van der Waals surface area contributed by atoms with Crippen LogP contribution in [0.4, 0.5) is 0 Å². The van der Waals surface area contributed by atoms with Crippen molar-refractivity contribution in [2.45, 2.75) is 38.6 Å². The quantitative estimate of drug-likeness (QED) is 0.818. The van der Waals surface area contributed by atoms with Crippen LogP contribution >= 0.6 is 11.3 Å². The van der Waals surface area contributed by atoms with Crippen molar-refractivity contribution < 1.29 is 4.79 Å². The fraction of sp³-hybridized carbons (Fsp3) is 0.438. The molecule has 1 aromatic heterocycles. The molecule has 2 nitrogen and oxygen atoms in total. The van der Waals surface area contributed by atoms with E-state index in [-0.39, 0.29) is 5.91 Å². The lowest BCUT2D eigenvalue weighted by atomic mass is 10.0. The smallest absolute Gasteiger partial charge is 0.263 e. The standard InChI is InChI=1S/C16H19NOS/c1-10(2)11-4-5-12-9-15(19-14(12)8-11)16(18)17(3)13-6-7-13/h4-5,8-10,13H,6-7H2,1-3H3. The van der Waals surface area contributed by atoms with Gasteiger partial charge in [0.15, 0.2) is 0 Å². The molecule has 1 aliphatic rings. The van der Waals surface area contributed by atoms with Crippen LogP contribution in [0, 0.1) is 0 Å². The van der Waals surface area contributed by atoms with Gasteiger partial charge in [-0.25, -0.2) is 0 Å². The van der Waals surface area contributed by atoms with Gasteiger partial charge in [-0.3, -0.25) is 4.79 Å². The van der Waals surface area contributed by atoms with Crippen LogP contribution in [0.5, 0.6) is 0 Å². The van der Waals surface area contributed by atoms with Gasteiger partial charge in [0.25, 0.3) is 5.91 Å². The molecule has 19 heavy (non-hydrogen) atoms. The molecule has 1 heterocycles. The minimum absolute atomic E-state index is 0.176. The third-order valence-corrected chi connectivity index (χ3v) is 4.92. The average molecular weight is 273 g/mol. The fourth-order valence-corrected chi connectivity index (χ4v) is 3.41. The second-order valence-electron chi connectivity index (χ2n) is 5.71. The highest BCUT2D eigenvalue weighted by molar-refractivity contribution is 7.20. The summed E-state index contributed by atoms with van der Waals surface area (Å²) in [7, 11) is 1.92. The molecule has 0 radical (unpaired) electrons. The Bertz CT molecular complexity index is 625. The largest absolute Gasteiger partial charge is 0.338 e. The van der Waals surface area contributed by atoms with Crippen LogP contribution in [0.15, 0.2) is 24.3 Å². The van der Waals surface area contributed by atoms with Gasteiger partial charge in [0.05, 0.1) is 4.88 Å². The first kappa shape index (κ1) is 12.7. The highest BCUT2D eigenvalue weighted by Gasteiger charge is 2.30. The maximum Gasteiger partial charge on any atom is 0.263 e. The fourth-order valence-electron chi connectivity index (χ4n) is 2.31. The summed E-state index contributed by atoms with van der Waals surface area (Å²) in [6, 6.07) is 9.03. The van der Waals surface area contributed by atoms with E-state index >= 15 is 0 Å². The van der Waals surface area contributed by atoms with E-state index in [1.54, 1.807) is 11.3 Å². The number of hydrogen-bond donors (Lipinski definition) is 0. The molecule has 0 saturated heterocycles. The number of benzene rings is 1. The van der Waals surface area contributed by atoms with Gasteiger partial charge in [-0.15, -0.1) is 11.3 Å². The Kier molecular flexibility index (Phi) is 3.09. The van der Waals surface area contributed by atoms with Crippen molar-refractivity contribution in [1.82, 2.24) is 4.90 Å². The van der Waals surface area contributed by atoms with Crippen LogP contribution in [-0.4, -0.2) is 23.9 Å². The average Bonchev–Trinajstić information content (AvgIpc) is 3.15. The van der Waals surface area contributed by atoms with Crippen LogP contribution in [0.2, 0.25) is 0 Å². The zero-order chi connectivity index (χ0) is 13.6. The van der Waals surface area contributed by atoms with Crippen molar-refractivity contribution >= 4 is 27.3 Å². The second-order valence-corrected chi connectivity index (χ2v) is 6.79. The predicted octanol–water partition coefficient (Wildman–Crippen LogP) is 4.26. The van der Waals surface area contributed by atoms with Gasteiger partial charge in [0.1, 0.15) is 0 Å². The molecule has 1 aromatic carbocycles. The number of amides is 1. The summed E-state index contributed by atoms with van der Waals surface area (Å²) in [5, 5.41) is 1.18. The highest BCUT2D eigenvalue weighted by Crippen LogP contribution is 2.32. The van der Waals surface area contributed by atoms with Crippen LogP contribution in [0.3, 0.4) is 0 Å². The maximum atomic E-state index is 12.4. The SMILES string of the molecule is CC(C)c1ccc2cc(C(=O)N(C)C3CC3)sc2c1. The molecule has 0 atom stereocenters. The zero-order valence-corrected chi connectivity index (χ0v) is 12.5. The lowest BCUT2D eigenvalue weighted by Gasteiger charge is -2.14. The number of rotatable bonds is 3. The minimum Gasteiger partial charge on any atom is -0.338 e. The monoisotopic (exact) mass is 273 g/mol. The molecule has 100 valence electrons. The molecule has 0 spiro atoms. The van der Waals surface area contributed by atoms with E-state index in [0.29, 0.717) is 12.0 Å². The molecule has 0 N–H and O–H groups in total. The van der Waals surface area contributed by atoms with Gasteiger partial charge in [-0.1, -0.05) is 26.0 Å². The normalized spacial score (nSPS) is 15.2. The lowest BCUT2D eigenvalue weighted by molar-refractivity contribution is 0.0790. The van der Waals surface area contributed by atoms with Crippen molar-refractivity contribution in [3.8, 4) is 0 Å². The summed E-state index contributed by atoms with van der Waals surface area (Å²) in [6.45, 7) is 4.39. The van der Waals surface area contributed by atoms with Crippen molar-refractivity contribution in [3.63, 3.8) is 0 Å². The summed E-state index contributed by atoms with van der Waals surface area (Å²) in [5.74, 6) is 0.703. The Labute approximate surface area is 118 Å². The number of carbonyl (C=O) groups excluding carboxylic acids is 1. The van der Waals surface area contributed by atoms with E-state index in [9.17, 15) is 4.79 Å². The van der Waals surface area contributed by atoms with Crippen LogP contribution in [0.25, 0.3) is 10.1 Å². The molecule has 3 heteroatoms. The highest BCUT2D eigenvalue weighted by atomic mass is 32.1. The van der Waals surface area contributed by atoms with Crippen molar-refractivity contribution in [1.29, 1.82) is 0 Å². The molecule has 1 fully saturated rings. The first-order valence-corrected chi connectivity index (χ1v) is 7.68. The first-order chi connectivity index (χ1) is 9.06. The molecular weight excluding hydrogens is 254 g/mol. The number of nitrogens with zero attached hydrogens (tertiary/aromatic N) is 1. The Morgan fingerprint density at radius 1 is 1.32 bits per heavy atom. The van der Waals surface area contributed by atoms with E-state index in [1.807, 2.05) is 18.0 Å². The van der Waals surface area contributed by atoms with E-state index < -0.39 is 0 Å². The number of fused-ring (bicyclic) bond motifs is 1. The summed E-state index contributed by atoms with van der Waals surface area (Å²) in [5.41, 5.74) is 1.34. The Balaban J connectivity index is 1.94. The lowest BCUT2D eigenvalue weighted by Crippen LogP contribution is -2.27. The number of hydrogen-bond acceptors (Lipinski definition) is 2. The van der Waals surface area contributed by atoms with E-state index in [2.05, 4.69) is 32.0 Å². The maximum absolute atomic E-state index is 12.4. The molecular formula is C16H19NOS. The van der Waals surface area contributed by atoms with E-state index in [1.165, 1.54) is 15.6 Å². The molecule has 1 saturated carbocycles. The molecule has 0 aliphatic heterocycles. The molecule has 1 aliphatic carbocycles. The van der Waals surface area contributed by atoms with Gasteiger partial charge >= 0.3 is 0 Å². The van der Waals surface area contributed by atoms with Gasteiger partial charge < -0.3 is 4.90 Å². The third kappa shape index (κ3) is 2.39. The molecule has 3 rings (SSSR count). The first-order valence-electron chi connectivity index (χ1n) is 6.87. The third-order valence-electron chi connectivity index (χ3n) is 3.84. The second kappa shape index (κ2) is 4.64.